The molecule has 0 aliphatic heterocycles. The van der Waals surface area contributed by atoms with E-state index in [1.54, 1.807) is 0 Å². The van der Waals surface area contributed by atoms with Crippen molar-refractivity contribution in [1.29, 1.82) is 0 Å². The van der Waals surface area contributed by atoms with Crippen LogP contribution in [0.1, 0.15) is 32.3 Å². The first-order valence-electron chi connectivity index (χ1n) is 6.55. The van der Waals surface area contributed by atoms with Gasteiger partial charge in [0.1, 0.15) is 0 Å². The summed E-state index contributed by atoms with van der Waals surface area (Å²) < 4.78 is 0. The third kappa shape index (κ3) is 4.99. The summed E-state index contributed by atoms with van der Waals surface area (Å²) in [6, 6.07) is 8.79. The molecule has 0 fully saturated rings. The Morgan fingerprint density at radius 2 is 1.82 bits per heavy atom. The van der Waals surface area contributed by atoms with E-state index in [4.69, 9.17) is 11.6 Å². The minimum absolute atomic E-state index is 0.715. The summed E-state index contributed by atoms with van der Waals surface area (Å²) in [5.74, 6) is 1.49. The molecule has 0 radical (unpaired) electrons. The van der Waals surface area contributed by atoms with Crippen molar-refractivity contribution in [3.63, 3.8) is 0 Å². The van der Waals surface area contributed by atoms with Crippen LogP contribution in [0.3, 0.4) is 0 Å². The third-order valence-corrected chi connectivity index (χ3v) is 3.49. The van der Waals surface area contributed by atoms with E-state index in [2.05, 4.69) is 49.9 Å². The zero-order valence-corrected chi connectivity index (χ0v) is 12.0. The lowest BCUT2D eigenvalue weighted by atomic mass is 10.0. The molecular weight excluding hydrogens is 230 g/mol. The van der Waals surface area contributed by atoms with E-state index in [0.29, 0.717) is 5.92 Å². The third-order valence-electron chi connectivity index (χ3n) is 3.27. The van der Waals surface area contributed by atoms with Gasteiger partial charge in [0.25, 0.3) is 0 Å². The molecule has 0 aliphatic carbocycles. The minimum Gasteiger partial charge on any atom is -0.372 e. The van der Waals surface area contributed by atoms with Crippen molar-refractivity contribution >= 4 is 17.3 Å². The first-order chi connectivity index (χ1) is 8.17. The Bertz CT molecular complexity index is 307. The van der Waals surface area contributed by atoms with Crippen LogP contribution in [0, 0.1) is 12.8 Å². The SMILES string of the molecule is CCN(CCC(C)CCCl)c1ccc(C)cc1. The number of hydrogen-bond donors (Lipinski definition) is 0. The van der Waals surface area contributed by atoms with Crippen LogP contribution in [0.4, 0.5) is 5.69 Å². The first-order valence-corrected chi connectivity index (χ1v) is 7.08. The molecule has 0 aliphatic rings. The molecule has 1 atom stereocenters. The van der Waals surface area contributed by atoms with Gasteiger partial charge in [0, 0.05) is 24.7 Å². The summed E-state index contributed by atoms with van der Waals surface area (Å²) in [7, 11) is 0. The van der Waals surface area contributed by atoms with Gasteiger partial charge < -0.3 is 4.90 Å². The van der Waals surface area contributed by atoms with E-state index >= 15 is 0 Å². The van der Waals surface area contributed by atoms with Crippen molar-refractivity contribution in [3.05, 3.63) is 29.8 Å². The number of halogens is 1. The quantitative estimate of drug-likeness (QED) is 0.648. The molecule has 1 aromatic carbocycles. The van der Waals surface area contributed by atoms with Crippen LogP contribution in [-0.2, 0) is 0 Å². The molecule has 2 heteroatoms. The van der Waals surface area contributed by atoms with Crippen molar-refractivity contribution in [2.75, 3.05) is 23.9 Å². The largest absolute Gasteiger partial charge is 0.372 e. The molecule has 17 heavy (non-hydrogen) atoms. The van der Waals surface area contributed by atoms with E-state index < -0.39 is 0 Å². The predicted molar refractivity (Wildman–Crippen MR) is 78.2 cm³/mol. The maximum atomic E-state index is 5.77. The number of benzene rings is 1. The lowest BCUT2D eigenvalue weighted by Gasteiger charge is -2.24. The maximum Gasteiger partial charge on any atom is 0.0366 e. The maximum absolute atomic E-state index is 5.77. The Labute approximate surface area is 111 Å². The van der Waals surface area contributed by atoms with E-state index in [9.17, 15) is 0 Å². The van der Waals surface area contributed by atoms with Gasteiger partial charge in [-0.2, -0.15) is 0 Å². The number of aryl methyl sites for hydroxylation is 1. The van der Waals surface area contributed by atoms with Crippen LogP contribution in [-0.4, -0.2) is 19.0 Å². The highest BCUT2D eigenvalue weighted by molar-refractivity contribution is 6.17. The van der Waals surface area contributed by atoms with Gasteiger partial charge in [-0.1, -0.05) is 24.6 Å². The standard InChI is InChI=1S/C15H24ClN/c1-4-17(12-10-14(3)9-11-16)15-7-5-13(2)6-8-15/h5-8,14H,4,9-12H2,1-3H3. The highest BCUT2D eigenvalue weighted by atomic mass is 35.5. The smallest absolute Gasteiger partial charge is 0.0366 e. The summed E-state index contributed by atoms with van der Waals surface area (Å²) in [5.41, 5.74) is 2.65. The second-order valence-electron chi connectivity index (χ2n) is 4.79. The van der Waals surface area contributed by atoms with Gasteiger partial charge in [0.05, 0.1) is 0 Å². The topological polar surface area (TPSA) is 3.24 Å². The number of rotatable bonds is 7. The summed E-state index contributed by atoms with van der Waals surface area (Å²) in [6.07, 6.45) is 2.33. The van der Waals surface area contributed by atoms with Crippen molar-refractivity contribution < 1.29 is 0 Å². The highest BCUT2D eigenvalue weighted by Gasteiger charge is 2.07. The molecular formula is C15H24ClN. The number of alkyl halides is 1. The van der Waals surface area contributed by atoms with Crippen molar-refractivity contribution in [2.24, 2.45) is 5.92 Å². The number of anilines is 1. The molecule has 1 aromatic rings. The van der Waals surface area contributed by atoms with Gasteiger partial charge in [0.2, 0.25) is 0 Å². The molecule has 0 bridgehead atoms. The van der Waals surface area contributed by atoms with Gasteiger partial charge in [-0.05, 0) is 44.7 Å². The molecule has 96 valence electrons. The summed E-state index contributed by atoms with van der Waals surface area (Å²) in [5, 5.41) is 0. The van der Waals surface area contributed by atoms with Gasteiger partial charge >= 0.3 is 0 Å². The number of nitrogens with zero attached hydrogens (tertiary/aromatic N) is 1. The average molecular weight is 254 g/mol. The monoisotopic (exact) mass is 253 g/mol. The van der Waals surface area contributed by atoms with Crippen LogP contribution in [0.15, 0.2) is 24.3 Å². The van der Waals surface area contributed by atoms with Crippen LogP contribution in [0.5, 0.6) is 0 Å². The summed E-state index contributed by atoms with van der Waals surface area (Å²) in [6.45, 7) is 8.81. The van der Waals surface area contributed by atoms with E-state index in [1.807, 2.05) is 0 Å². The van der Waals surface area contributed by atoms with Crippen LogP contribution < -0.4 is 4.90 Å². The molecule has 1 nitrogen and oxygen atoms in total. The molecule has 0 heterocycles. The van der Waals surface area contributed by atoms with Crippen LogP contribution >= 0.6 is 11.6 Å². The Kier molecular flexibility index (Phi) is 6.43. The molecule has 0 saturated carbocycles. The van der Waals surface area contributed by atoms with Gasteiger partial charge in [0.15, 0.2) is 0 Å². The van der Waals surface area contributed by atoms with Crippen molar-refractivity contribution in [1.82, 2.24) is 0 Å². The minimum atomic E-state index is 0.715. The second-order valence-corrected chi connectivity index (χ2v) is 5.16. The fourth-order valence-corrected chi connectivity index (χ4v) is 2.30. The van der Waals surface area contributed by atoms with E-state index in [1.165, 1.54) is 17.7 Å². The van der Waals surface area contributed by atoms with Crippen LogP contribution in [0.2, 0.25) is 0 Å². The van der Waals surface area contributed by atoms with Crippen molar-refractivity contribution in [3.8, 4) is 0 Å². The van der Waals surface area contributed by atoms with Crippen molar-refractivity contribution in [2.45, 2.75) is 33.6 Å². The molecule has 0 N–H and O–H groups in total. The molecule has 1 rings (SSSR count). The van der Waals surface area contributed by atoms with Gasteiger partial charge in [-0.15, -0.1) is 11.6 Å². The molecule has 0 amide bonds. The molecule has 0 spiro atoms. The van der Waals surface area contributed by atoms with Gasteiger partial charge in [-0.25, -0.2) is 0 Å². The first kappa shape index (κ1) is 14.4. The zero-order chi connectivity index (χ0) is 12.7. The zero-order valence-electron chi connectivity index (χ0n) is 11.2. The molecule has 0 saturated heterocycles. The molecule has 0 aromatic heterocycles. The second kappa shape index (κ2) is 7.60. The highest BCUT2D eigenvalue weighted by Crippen LogP contribution is 2.17. The Balaban J connectivity index is 2.51. The van der Waals surface area contributed by atoms with Gasteiger partial charge in [-0.3, -0.25) is 0 Å². The normalized spacial score (nSPS) is 12.5. The fourth-order valence-electron chi connectivity index (χ4n) is 1.93. The summed E-state index contributed by atoms with van der Waals surface area (Å²) >= 11 is 5.77. The van der Waals surface area contributed by atoms with Crippen LogP contribution in [0.25, 0.3) is 0 Å². The Hall–Kier alpha value is -0.690. The summed E-state index contributed by atoms with van der Waals surface area (Å²) in [4.78, 5) is 2.43. The lowest BCUT2D eigenvalue weighted by Crippen LogP contribution is -2.25. The molecule has 1 unspecified atom stereocenters. The Morgan fingerprint density at radius 3 is 2.35 bits per heavy atom. The van der Waals surface area contributed by atoms with E-state index in [0.717, 1.165) is 25.4 Å². The average Bonchev–Trinajstić information content (AvgIpc) is 2.32. The fraction of sp³-hybridized carbons (Fsp3) is 0.600. The lowest BCUT2D eigenvalue weighted by molar-refractivity contribution is 0.515. The Morgan fingerprint density at radius 1 is 1.18 bits per heavy atom. The van der Waals surface area contributed by atoms with E-state index in [-0.39, 0.29) is 0 Å². The predicted octanol–water partition coefficient (Wildman–Crippen LogP) is 4.48. The number of hydrogen-bond acceptors (Lipinski definition) is 1.